The molecule has 1 N–H and O–H groups in total. The molecule has 33 heavy (non-hydrogen) atoms. The van der Waals surface area contributed by atoms with E-state index in [1.54, 1.807) is 31.5 Å². The van der Waals surface area contributed by atoms with Gasteiger partial charge in [-0.05, 0) is 50.2 Å². The van der Waals surface area contributed by atoms with Gasteiger partial charge in [0, 0.05) is 47.0 Å². The number of hydrogen-bond acceptors (Lipinski definition) is 6. The van der Waals surface area contributed by atoms with Gasteiger partial charge in [0.25, 0.3) is 5.91 Å². The van der Waals surface area contributed by atoms with E-state index < -0.39 is 11.5 Å². The Morgan fingerprint density at radius 2 is 1.91 bits per heavy atom. The number of alkyl halides is 3. The van der Waals surface area contributed by atoms with E-state index in [4.69, 9.17) is 16.1 Å². The predicted molar refractivity (Wildman–Crippen MR) is 118 cm³/mol. The summed E-state index contributed by atoms with van der Waals surface area (Å²) < 4.78 is 35.1. The van der Waals surface area contributed by atoms with E-state index in [1.165, 1.54) is 30.5 Å². The van der Waals surface area contributed by atoms with Crippen molar-refractivity contribution in [1.82, 2.24) is 15.1 Å². The molecule has 10 heteroatoms. The third-order valence-electron chi connectivity index (χ3n) is 4.74. The van der Waals surface area contributed by atoms with Crippen molar-refractivity contribution < 1.29 is 22.8 Å². The number of nitrogens with zero attached hydrogens (tertiary/aromatic N) is 3. The average molecular weight is 471 g/mol. The van der Waals surface area contributed by atoms with E-state index >= 15 is 0 Å². The van der Waals surface area contributed by atoms with Gasteiger partial charge in [0.2, 0.25) is 0 Å². The van der Waals surface area contributed by atoms with Crippen LogP contribution in [-0.4, -0.2) is 26.6 Å². The van der Waals surface area contributed by atoms with E-state index in [0.717, 1.165) is 11.1 Å². The summed E-state index contributed by atoms with van der Waals surface area (Å²) in [4.78, 5) is 21.6. The Kier molecular flexibility index (Phi) is 6.06. The average Bonchev–Trinajstić information content (AvgIpc) is 3.12. The molecule has 0 radical (unpaired) electrons. The Labute approximate surface area is 192 Å². The van der Waals surface area contributed by atoms with Crippen LogP contribution in [0.5, 0.6) is 5.75 Å². The molecule has 1 amide bonds. The lowest BCUT2D eigenvalue weighted by molar-refractivity contribution is -0.0964. The van der Waals surface area contributed by atoms with Crippen molar-refractivity contribution in [2.24, 2.45) is 0 Å². The Balaban J connectivity index is 1.65. The second kappa shape index (κ2) is 8.95. The van der Waals surface area contributed by atoms with Crippen molar-refractivity contribution in [3.63, 3.8) is 0 Å². The van der Waals surface area contributed by atoms with Crippen molar-refractivity contribution in [2.45, 2.75) is 19.4 Å². The molecule has 0 aliphatic heterocycles. The third kappa shape index (κ3) is 5.15. The molecule has 4 rings (SSSR count). The van der Waals surface area contributed by atoms with Crippen LogP contribution in [0.1, 0.15) is 21.8 Å². The van der Waals surface area contributed by atoms with Crippen LogP contribution in [0, 0.1) is 13.8 Å². The molecule has 0 fully saturated rings. The Hall–Kier alpha value is -3.85. The van der Waals surface area contributed by atoms with Gasteiger partial charge in [0.1, 0.15) is 11.5 Å². The fourth-order valence-corrected chi connectivity index (χ4v) is 3.38. The van der Waals surface area contributed by atoms with Gasteiger partial charge in [-0.15, -0.1) is 8.78 Å². The molecule has 7 nitrogen and oxygen atoms in total. The lowest BCUT2D eigenvalue weighted by atomic mass is 9.98. The fourth-order valence-electron chi connectivity index (χ4n) is 3.29. The Morgan fingerprint density at radius 3 is 2.52 bits per heavy atom. The maximum atomic E-state index is 12.9. The molecule has 1 aromatic carbocycles. The summed E-state index contributed by atoms with van der Waals surface area (Å²) in [7, 11) is 0. The molecule has 0 unspecified atom stereocenters. The van der Waals surface area contributed by atoms with Crippen molar-refractivity contribution in [1.29, 1.82) is 0 Å². The largest absolute Gasteiger partial charge is 0.487 e. The normalized spacial score (nSPS) is 11.3. The number of aromatic nitrogens is 3. The monoisotopic (exact) mass is 470 g/mol. The summed E-state index contributed by atoms with van der Waals surface area (Å²) >= 11 is 4.76. The van der Waals surface area contributed by atoms with E-state index in [9.17, 15) is 13.6 Å². The van der Waals surface area contributed by atoms with Gasteiger partial charge in [-0.3, -0.25) is 14.8 Å². The van der Waals surface area contributed by atoms with Crippen LogP contribution in [0.4, 0.5) is 14.5 Å². The number of aryl methyl sites for hydroxylation is 2. The number of halogens is 3. The van der Waals surface area contributed by atoms with E-state index in [2.05, 4.69) is 25.2 Å². The van der Waals surface area contributed by atoms with Crippen molar-refractivity contribution in [3.05, 3.63) is 78.1 Å². The molecule has 0 aliphatic carbocycles. The van der Waals surface area contributed by atoms with Crippen LogP contribution in [0.2, 0.25) is 0 Å². The molecule has 0 atom stereocenters. The van der Waals surface area contributed by atoms with Crippen molar-refractivity contribution in [2.75, 3.05) is 5.32 Å². The fraction of sp³-hybridized carbons (Fsp3) is 0.130. The first-order valence-corrected chi connectivity index (χ1v) is 10.1. The van der Waals surface area contributed by atoms with E-state index in [-0.39, 0.29) is 11.3 Å². The van der Waals surface area contributed by atoms with Gasteiger partial charge in [-0.2, -0.15) is 0 Å². The van der Waals surface area contributed by atoms with Crippen LogP contribution >= 0.6 is 11.6 Å². The number of carbonyl (C=O) groups is 1. The maximum Gasteiger partial charge on any atom is 0.487 e. The highest BCUT2D eigenvalue weighted by atomic mass is 35.5. The topological polar surface area (TPSA) is 90.1 Å². The van der Waals surface area contributed by atoms with E-state index in [1.807, 2.05) is 13.0 Å². The van der Waals surface area contributed by atoms with Crippen LogP contribution in [0.15, 0.2) is 65.6 Å². The third-order valence-corrected chi connectivity index (χ3v) is 4.82. The summed E-state index contributed by atoms with van der Waals surface area (Å²) in [5.41, 5.74) is 0.317. The predicted octanol–water partition coefficient (Wildman–Crippen LogP) is 5.84. The van der Waals surface area contributed by atoms with Gasteiger partial charge in [-0.25, -0.2) is 0 Å². The number of benzene rings is 1. The number of anilines is 1. The summed E-state index contributed by atoms with van der Waals surface area (Å²) in [6.45, 7) is 3.60. The van der Waals surface area contributed by atoms with Gasteiger partial charge in [0.05, 0.1) is 22.5 Å². The summed E-state index contributed by atoms with van der Waals surface area (Å²) in [6.07, 6.45) is 4.77. The maximum absolute atomic E-state index is 12.9. The molecule has 3 aromatic heterocycles. The first-order valence-electron chi connectivity index (χ1n) is 9.72. The number of ether oxygens (including phenoxy) is 1. The number of rotatable bonds is 6. The highest BCUT2D eigenvalue weighted by Crippen LogP contribution is 2.34. The zero-order valence-electron chi connectivity index (χ0n) is 17.5. The number of hydrogen-bond donors (Lipinski definition) is 1. The molecule has 4 aromatic rings. The quantitative estimate of drug-likeness (QED) is 0.356. The second-order valence-electron chi connectivity index (χ2n) is 7.09. The van der Waals surface area contributed by atoms with Crippen LogP contribution in [0.3, 0.4) is 0 Å². The van der Waals surface area contributed by atoms with E-state index in [0.29, 0.717) is 28.4 Å². The SMILES string of the molecule is Cc1noc(C)c1-c1ncc(C(=O)Nc2ccc(OC(F)(F)Cl)cc2)cc1-c1cccnc1. The van der Waals surface area contributed by atoms with Gasteiger partial charge in [-0.1, -0.05) is 11.2 Å². The molecule has 3 heterocycles. The number of nitrogens with one attached hydrogen (secondary N) is 1. The second-order valence-corrected chi connectivity index (χ2v) is 7.53. The number of amides is 1. The minimum Gasteiger partial charge on any atom is -0.420 e. The van der Waals surface area contributed by atoms with Crippen molar-refractivity contribution in [3.8, 4) is 28.1 Å². The zero-order valence-corrected chi connectivity index (χ0v) is 18.2. The lowest BCUT2D eigenvalue weighted by Crippen LogP contribution is -2.16. The summed E-state index contributed by atoms with van der Waals surface area (Å²) in [5, 5.41) is 6.70. The molecule has 0 spiro atoms. The highest BCUT2D eigenvalue weighted by molar-refractivity contribution is 6.20. The first-order chi connectivity index (χ1) is 15.7. The molecule has 168 valence electrons. The summed E-state index contributed by atoms with van der Waals surface area (Å²) in [5.74, 6) is 0.0267. The Bertz CT molecular complexity index is 1270. The minimum atomic E-state index is -3.82. The number of pyridine rings is 2. The van der Waals surface area contributed by atoms with Crippen LogP contribution < -0.4 is 10.1 Å². The lowest BCUT2D eigenvalue weighted by Gasteiger charge is -2.12. The van der Waals surface area contributed by atoms with Gasteiger partial charge >= 0.3 is 5.57 Å². The molecule has 0 aliphatic rings. The Morgan fingerprint density at radius 1 is 1.15 bits per heavy atom. The standard InChI is InChI=1S/C23H17ClF2N4O3/c1-13-20(14(2)33-30-13)21-19(15-4-3-9-27-11-15)10-16(12-28-21)22(31)29-17-5-7-18(8-6-17)32-23(24,25)26/h3-12H,1-2H3,(H,29,31). The summed E-state index contributed by atoms with van der Waals surface area (Å²) in [6, 6.07) is 10.7. The molecule has 0 saturated heterocycles. The molecular formula is C23H17ClF2N4O3. The minimum absolute atomic E-state index is 0.141. The van der Waals surface area contributed by atoms with Crippen LogP contribution in [-0.2, 0) is 0 Å². The first kappa shape index (κ1) is 22.3. The molecule has 0 bridgehead atoms. The highest BCUT2D eigenvalue weighted by Gasteiger charge is 2.27. The zero-order chi connectivity index (χ0) is 23.6. The van der Waals surface area contributed by atoms with Crippen molar-refractivity contribution >= 4 is 23.2 Å². The molecular weight excluding hydrogens is 454 g/mol. The van der Waals surface area contributed by atoms with Gasteiger partial charge in [0.15, 0.2) is 0 Å². The molecule has 0 saturated carbocycles. The van der Waals surface area contributed by atoms with Crippen LogP contribution in [0.25, 0.3) is 22.4 Å². The smallest absolute Gasteiger partial charge is 0.420 e. The van der Waals surface area contributed by atoms with Gasteiger partial charge < -0.3 is 14.6 Å². The number of carbonyl (C=O) groups excluding carboxylic acids is 1.